The molecule has 0 radical (unpaired) electrons. The molecule has 1 N–H and O–H groups in total. The van der Waals surface area contributed by atoms with Crippen LogP contribution in [-0.4, -0.2) is 53.0 Å². The summed E-state index contributed by atoms with van der Waals surface area (Å²) in [5.74, 6) is 0.434. The number of anilines is 1. The molecule has 2 fully saturated rings. The number of likely N-dealkylation sites (tertiary alicyclic amines) is 1. The van der Waals surface area contributed by atoms with E-state index in [1.807, 2.05) is 24.3 Å². The number of hydrogen-bond donors (Lipinski definition) is 1. The van der Waals surface area contributed by atoms with Crippen LogP contribution in [0.3, 0.4) is 0 Å². The molecule has 2 aromatic heterocycles. The highest BCUT2D eigenvalue weighted by Gasteiger charge is 2.30. The van der Waals surface area contributed by atoms with Gasteiger partial charge in [-0.2, -0.15) is 13.2 Å². The molecule has 2 saturated heterocycles. The van der Waals surface area contributed by atoms with E-state index in [9.17, 15) is 18.0 Å². The Labute approximate surface area is 227 Å². The van der Waals surface area contributed by atoms with E-state index in [0.717, 1.165) is 88.2 Å². The van der Waals surface area contributed by atoms with Crippen molar-refractivity contribution in [1.82, 2.24) is 20.2 Å². The van der Waals surface area contributed by atoms with Crippen LogP contribution in [-0.2, 0) is 19.1 Å². The Morgan fingerprint density at radius 3 is 2.33 bits per heavy atom. The average Bonchev–Trinajstić information content (AvgIpc) is 3.39. The Bertz CT molecular complexity index is 1210. The molecule has 6 nitrogen and oxygen atoms in total. The van der Waals surface area contributed by atoms with Crippen LogP contribution in [0.2, 0.25) is 0 Å². The van der Waals surface area contributed by atoms with Gasteiger partial charge in [0.1, 0.15) is 5.69 Å². The molecule has 1 atom stereocenters. The van der Waals surface area contributed by atoms with E-state index in [-0.39, 0.29) is 11.9 Å². The number of rotatable bonds is 8. The van der Waals surface area contributed by atoms with Gasteiger partial charge >= 0.3 is 6.18 Å². The summed E-state index contributed by atoms with van der Waals surface area (Å²) in [6.45, 7) is 4.31. The van der Waals surface area contributed by atoms with E-state index >= 15 is 0 Å². The number of aromatic nitrogens is 2. The van der Waals surface area contributed by atoms with Crippen molar-refractivity contribution < 1.29 is 18.0 Å². The predicted octanol–water partition coefficient (Wildman–Crippen LogP) is 5.35. The number of piperidine rings is 1. The van der Waals surface area contributed by atoms with Crippen LogP contribution in [0.1, 0.15) is 52.9 Å². The van der Waals surface area contributed by atoms with Gasteiger partial charge in [-0.1, -0.05) is 6.07 Å². The molecule has 0 saturated carbocycles. The van der Waals surface area contributed by atoms with Gasteiger partial charge in [0.2, 0.25) is 0 Å². The van der Waals surface area contributed by atoms with Gasteiger partial charge in [0.15, 0.2) is 0 Å². The zero-order chi connectivity index (χ0) is 27.2. The van der Waals surface area contributed by atoms with Crippen molar-refractivity contribution in [3.63, 3.8) is 0 Å². The minimum Gasteiger partial charge on any atom is -0.372 e. The van der Waals surface area contributed by atoms with Crippen LogP contribution in [0, 0.1) is 5.92 Å². The third-order valence-corrected chi connectivity index (χ3v) is 7.84. The Balaban J connectivity index is 1.03. The fourth-order valence-electron chi connectivity index (χ4n) is 5.52. The molecule has 3 aromatic rings. The normalized spacial score (nSPS) is 18.8. The number of amides is 1. The van der Waals surface area contributed by atoms with E-state index in [2.05, 4.69) is 25.1 Å². The highest BCUT2D eigenvalue weighted by atomic mass is 19.4. The monoisotopic (exact) mass is 537 g/mol. The van der Waals surface area contributed by atoms with Gasteiger partial charge in [-0.15, -0.1) is 0 Å². The molecule has 0 spiro atoms. The van der Waals surface area contributed by atoms with Crippen molar-refractivity contribution in [2.45, 2.75) is 50.9 Å². The van der Waals surface area contributed by atoms with Crippen molar-refractivity contribution >= 4 is 11.6 Å². The van der Waals surface area contributed by atoms with Crippen molar-refractivity contribution in [3.05, 3.63) is 89.5 Å². The summed E-state index contributed by atoms with van der Waals surface area (Å²) in [5.41, 5.74) is 3.01. The molecular weight excluding hydrogens is 503 g/mol. The Morgan fingerprint density at radius 2 is 1.67 bits per heavy atom. The lowest BCUT2D eigenvalue weighted by Crippen LogP contribution is -2.37. The minimum absolute atomic E-state index is 0.120. The largest absolute Gasteiger partial charge is 0.416 e. The van der Waals surface area contributed by atoms with Crippen molar-refractivity contribution in [1.29, 1.82) is 0 Å². The Hall–Kier alpha value is -3.46. The van der Waals surface area contributed by atoms with Crippen molar-refractivity contribution in [3.8, 4) is 0 Å². The molecule has 1 aromatic carbocycles. The van der Waals surface area contributed by atoms with Gasteiger partial charge in [0.05, 0.1) is 5.56 Å². The molecule has 39 heavy (non-hydrogen) atoms. The summed E-state index contributed by atoms with van der Waals surface area (Å²) in [6.07, 6.45) is 5.97. The van der Waals surface area contributed by atoms with E-state index in [0.29, 0.717) is 11.6 Å². The van der Waals surface area contributed by atoms with Gasteiger partial charge in [-0.3, -0.25) is 19.7 Å². The fourth-order valence-corrected chi connectivity index (χ4v) is 5.52. The molecule has 2 aliphatic rings. The molecule has 5 rings (SSSR count). The Kier molecular flexibility index (Phi) is 8.45. The SMILES string of the molecule is O=C(N[C@H]1CCN(Cc2ccncc2)C1)c1ccc(CCC2CCN(c3ccc(C(F)(F)F)cc3)CC2)cn1. The zero-order valence-electron chi connectivity index (χ0n) is 21.9. The highest BCUT2D eigenvalue weighted by molar-refractivity contribution is 5.92. The maximum Gasteiger partial charge on any atom is 0.416 e. The fraction of sp³-hybridized carbons (Fsp3) is 0.433. The smallest absolute Gasteiger partial charge is 0.372 e. The minimum atomic E-state index is -4.30. The number of nitrogens with zero attached hydrogens (tertiary/aromatic N) is 4. The molecule has 4 heterocycles. The first-order valence-electron chi connectivity index (χ1n) is 13.6. The summed E-state index contributed by atoms with van der Waals surface area (Å²) in [6, 6.07) is 13.4. The highest BCUT2D eigenvalue weighted by Crippen LogP contribution is 2.32. The van der Waals surface area contributed by atoms with Crippen LogP contribution in [0.25, 0.3) is 0 Å². The zero-order valence-corrected chi connectivity index (χ0v) is 21.9. The summed E-state index contributed by atoms with van der Waals surface area (Å²) >= 11 is 0. The molecule has 2 aliphatic heterocycles. The summed E-state index contributed by atoms with van der Waals surface area (Å²) in [7, 11) is 0. The standard InChI is InChI=1S/C30H34F3N5O/c31-30(32,33)25-4-6-27(7-5-25)38-17-11-22(12-18-38)1-2-23-3-8-28(35-19-23)29(39)36-26-13-16-37(21-26)20-24-9-14-34-15-10-24/h3-10,14-15,19,22,26H,1-2,11-13,16-18,20-21H2,(H,36,39)/t26-/m0/s1. The van der Waals surface area contributed by atoms with Crippen molar-refractivity contribution in [2.75, 3.05) is 31.1 Å². The molecule has 0 bridgehead atoms. The predicted molar refractivity (Wildman–Crippen MR) is 144 cm³/mol. The number of alkyl halides is 3. The maximum absolute atomic E-state index is 12.8. The number of hydrogen-bond acceptors (Lipinski definition) is 5. The second-order valence-corrected chi connectivity index (χ2v) is 10.6. The molecule has 1 amide bonds. The van der Waals surface area contributed by atoms with Gasteiger partial charge in [-0.25, -0.2) is 0 Å². The topological polar surface area (TPSA) is 61.4 Å². The third-order valence-electron chi connectivity index (χ3n) is 7.84. The van der Waals surface area contributed by atoms with Crippen LogP contribution in [0.5, 0.6) is 0 Å². The first-order chi connectivity index (χ1) is 18.8. The third kappa shape index (κ3) is 7.35. The van der Waals surface area contributed by atoms with Crippen LogP contribution < -0.4 is 10.2 Å². The molecule has 9 heteroatoms. The van der Waals surface area contributed by atoms with E-state index in [1.165, 1.54) is 5.56 Å². The number of carbonyl (C=O) groups excluding carboxylic acids is 1. The lowest BCUT2D eigenvalue weighted by Gasteiger charge is -2.33. The Morgan fingerprint density at radius 1 is 0.923 bits per heavy atom. The van der Waals surface area contributed by atoms with Gasteiger partial charge in [0.25, 0.3) is 5.91 Å². The number of halogens is 3. The maximum atomic E-state index is 12.8. The van der Waals surface area contributed by atoms with E-state index in [1.54, 1.807) is 30.7 Å². The molecule has 0 unspecified atom stereocenters. The lowest BCUT2D eigenvalue weighted by molar-refractivity contribution is -0.137. The number of benzene rings is 1. The van der Waals surface area contributed by atoms with Gasteiger partial charge < -0.3 is 10.2 Å². The number of nitrogens with one attached hydrogen (secondary N) is 1. The second-order valence-electron chi connectivity index (χ2n) is 10.6. The number of pyridine rings is 2. The van der Waals surface area contributed by atoms with E-state index in [4.69, 9.17) is 0 Å². The molecule has 206 valence electrons. The number of aryl methyl sites for hydroxylation is 1. The molecule has 0 aliphatic carbocycles. The summed E-state index contributed by atoms with van der Waals surface area (Å²) in [5, 5.41) is 3.13. The second kappa shape index (κ2) is 12.2. The lowest BCUT2D eigenvalue weighted by atomic mass is 9.90. The first-order valence-corrected chi connectivity index (χ1v) is 13.6. The van der Waals surface area contributed by atoms with Crippen molar-refractivity contribution in [2.24, 2.45) is 5.92 Å². The number of carbonyl (C=O) groups is 1. The van der Waals surface area contributed by atoms with Crippen LogP contribution in [0.15, 0.2) is 67.1 Å². The average molecular weight is 538 g/mol. The van der Waals surface area contributed by atoms with Gasteiger partial charge in [-0.05, 0) is 91.6 Å². The summed E-state index contributed by atoms with van der Waals surface area (Å²) in [4.78, 5) is 25.7. The van der Waals surface area contributed by atoms with Gasteiger partial charge in [0, 0.05) is 63.0 Å². The van der Waals surface area contributed by atoms with E-state index < -0.39 is 11.7 Å². The van der Waals surface area contributed by atoms with Crippen LogP contribution >= 0.6 is 0 Å². The van der Waals surface area contributed by atoms with Crippen LogP contribution in [0.4, 0.5) is 18.9 Å². The first kappa shape index (κ1) is 27.1. The summed E-state index contributed by atoms with van der Waals surface area (Å²) < 4.78 is 38.4. The quantitative estimate of drug-likeness (QED) is 0.420. The molecular formula is C30H34F3N5O.